The molecule has 0 amide bonds. The van der Waals surface area contributed by atoms with Crippen LogP contribution in [0.5, 0.6) is 0 Å². The van der Waals surface area contributed by atoms with Crippen molar-refractivity contribution in [1.29, 1.82) is 0 Å². The van der Waals surface area contributed by atoms with Gasteiger partial charge in [-0.1, -0.05) is 31.4 Å². The molecule has 0 fully saturated rings. The van der Waals surface area contributed by atoms with Gasteiger partial charge in [0, 0.05) is 19.2 Å². The van der Waals surface area contributed by atoms with E-state index in [9.17, 15) is 4.79 Å². The quantitative estimate of drug-likeness (QED) is 0.788. The Kier molecular flexibility index (Phi) is 4.10. The highest BCUT2D eigenvalue weighted by Gasteiger charge is 2.25. The highest BCUT2D eigenvalue weighted by atomic mass is 28.3. The zero-order valence-electron chi connectivity index (χ0n) is 11.8. The Balaban J connectivity index is 2.10. The van der Waals surface area contributed by atoms with Crippen molar-refractivity contribution in [2.45, 2.75) is 32.1 Å². The summed E-state index contributed by atoms with van der Waals surface area (Å²) < 4.78 is 5.46. The largest absolute Gasteiger partial charge is 0.467 e. The van der Waals surface area contributed by atoms with Crippen LogP contribution in [0.2, 0.25) is 19.6 Å². The predicted octanol–water partition coefficient (Wildman–Crippen LogP) is 3.54. The minimum atomic E-state index is -1.17. The lowest BCUT2D eigenvalue weighted by Crippen LogP contribution is -2.29. The molecule has 0 aromatic carbocycles. The molecule has 0 radical (unpaired) electrons. The number of allylic oxidation sites excluding steroid dienone is 1. The molecule has 19 heavy (non-hydrogen) atoms. The molecule has 2 heterocycles. The zero-order valence-corrected chi connectivity index (χ0v) is 12.8. The van der Waals surface area contributed by atoms with Gasteiger partial charge < -0.3 is 9.32 Å². The molecule has 0 saturated heterocycles. The van der Waals surface area contributed by atoms with Gasteiger partial charge in [0.05, 0.1) is 20.4 Å². The highest BCUT2D eigenvalue weighted by molar-refractivity contribution is 6.80. The Hall–Kier alpha value is -1.55. The molecule has 0 N–H and O–H groups in total. The van der Waals surface area contributed by atoms with Gasteiger partial charge in [-0.25, -0.2) is 0 Å². The van der Waals surface area contributed by atoms with Crippen LogP contribution in [-0.2, 0) is 4.79 Å². The van der Waals surface area contributed by atoms with Gasteiger partial charge in [-0.3, -0.25) is 4.79 Å². The standard InChI is InChI=1S/C15H21NO2Si/c1-19(2,3)11-5-8-16-9-7-13(17)12-14(16)15-6-4-10-18-15/h4-7,9-11,14H,8,12H2,1-3H3/b11-5+. The Labute approximate surface area is 115 Å². The molecule has 1 atom stereocenters. The number of ketones is 1. The van der Waals surface area contributed by atoms with Crippen molar-refractivity contribution in [3.05, 3.63) is 48.2 Å². The van der Waals surface area contributed by atoms with Crippen molar-refractivity contribution in [3.8, 4) is 0 Å². The first kappa shape index (κ1) is 13.9. The van der Waals surface area contributed by atoms with Gasteiger partial charge >= 0.3 is 0 Å². The van der Waals surface area contributed by atoms with Crippen LogP contribution < -0.4 is 0 Å². The van der Waals surface area contributed by atoms with Crippen LogP contribution in [0.3, 0.4) is 0 Å². The van der Waals surface area contributed by atoms with Gasteiger partial charge in [0.1, 0.15) is 5.76 Å². The molecule has 4 heteroatoms. The van der Waals surface area contributed by atoms with Crippen LogP contribution in [0.1, 0.15) is 18.2 Å². The summed E-state index contributed by atoms with van der Waals surface area (Å²) in [4.78, 5) is 13.7. The maximum absolute atomic E-state index is 11.6. The topological polar surface area (TPSA) is 33.5 Å². The average molecular weight is 275 g/mol. The molecular weight excluding hydrogens is 254 g/mol. The average Bonchev–Trinajstić information content (AvgIpc) is 2.83. The van der Waals surface area contributed by atoms with Crippen LogP contribution >= 0.6 is 0 Å². The summed E-state index contributed by atoms with van der Waals surface area (Å²) >= 11 is 0. The molecule has 0 saturated carbocycles. The van der Waals surface area contributed by atoms with Crippen molar-refractivity contribution in [3.63, 3.8) is 0 Å². The van der Waals surface area contributed by atoms with Crippen molar-refractivity contribution < 1.29 is 9.21 Å². The summed E-state index contributed by atoms with van der Waals surface area (Å²) in [5, 5.41) is 0. The van der Waals surface area contributed by atoms with Gasteiger partial charge in [0.15, 0.2) is 5.78 Å². The number of carbonyl (C=O) groups excluding carboxylic acids is 1. The molecule has 1 aliphatic heterocycles. The lowest BCUT2D eigenvalue weighted by Gasteiger charge is -2.30. The molecule has 0 spiro atoms. The molecule has 0 bridgehead atoms. The van der Waals surface area contributed by atoms with E-state index in [4.69, 9.17) is 4.42 Å². The van der Waals surface area contributed by atoms with Gasteiger partial charge in [-0.2, -0.15) is 0 Å². The van der Waals surface area contributed by atoms with Gasteiger partial charge in [-0.15, -0.1) is 0 Å². The number of furan rings is 1. The van der Waals surface area contributed by atoms with Crippen molar-refractivity contribution in [1.82, 2.24) is 4.90 Å². The van der Waals surface area contributed by atoms with Crippen molar-refractivity contribution in [2.75, 3.05) is 6.54 Å². The first-order valence-corrected chi connectivity index (χ1v) is 10.2. The summed E-state index contributed by atoms with van der Waals surface area (Å²) in [5.41, 5.74) is 2.33. The Bertz CT molecular complexity index is 483. The van der Waals surface area contributed by atoms with E-state index in [0.717, 1.165) is 12.3 Å². The van der Waals surface area contributed by atoms with Crippen LogP contribution in [0, 0.1) is 0 Å². The zero-order chi connectivity index (χ0) is 13.9. The van der Waals surface area contributed by atoms with Crippen LogP contribution in [0.15, 0.2) is 46.9 Å². The normalized spacial score (nSPS) is 20.5. The summed E-state index contributed by atoms with van der Waals surface area (Å²) in [7, 11) is -1.17. The molecule has 1 aromatic rings. The predicted molar refractivity (Wildman–Crippen MR) is 79.4 cm³/mol. The Morgan fingerprint density at radius 1 is 1.47 bits per heavy atom. The van der Waals surface area contributed by atoms with E-state index in [2.05, 4.69) is 36.3 Å². The molecule has 1 aliphatic rings. The third-order valence-corrected chi connectivity index (χ3v) is 4.29. The first-order chi connectivity index (χ1) is 8.96. The summed E-state index contributed by atoms with van der Waals surface area (Å²) in [5.74, 6) is 1.02. The number of hydrogen-bond donors (Lipinski definition) is 0. The number of carbonyl (C=O) groups is 1. The second kappa shape index (κ2) is 5.61. The monoisotopic (exact) mass is 275 g/mol. The van der Waals surface area contributed by atoms with Gasteiger partial charge in [0.25, 0.3) is 0 Å². The third kappa shape index (κ3) is 3.96. The molecule has 0 aliphatic carbocycles. The van der Waals surface area contributed by atoms with E-state index >= 15 is 0 Å². The highest BCUT2D eigenvalue weighted by Crippen LogP contribution is 2.28. The van der Waals surface area contributed by atoms with E-state index < -0.39 is 8.07 Å². The minimum Gasteiger partial charge on any atom is -0.467 e. The van der Waals surface area contributed by atoms with E-state index in [1.54, 1.807) is 12.3 Å². The number of hydrogen-bond acceptors (Lipinski definition) is 3. The van der Waals surface area contributed by atoms with Gasteiger partial charge in [0.2, 0.25) is 0 Å². The number of nitrogens with zero attached hydrogens (tertiary/aromatic N) is 1. The van der Waals surface area contributed by atoms with Crippen molar-refractivity contribution in [2.24, 2.45) is 0 Å². The van der Waals surface area contributed by atoms with Crippen LogP contribution in [0.25, 0.3) is 0 Å². The summed E-state index contributed by atoms with van der Waals surface area (Å²) in [6.07, 6.45) is 7.90. The third-order valence-electron chi connectivity index (χ3n) is 3.05. The fourth-order valence-corrected chi connectivity index (χ4v) is 2.93. The maximum atomic E-state index is 11.6. The molecule has 1 unspecified atom stereocenters. The molecule has 2 rings (SSSR count). The minimum absolute atomic E-state index is 0.0267. The molecule has 102 valence electrons. The fraction of sp³-hybridized carbons (Fsp3) is 0.400. The molecule has 1 aromatic heterocycles. The summed E-state index contributed by atoms with van der Waals surface area (Å²) in [6.45, 7) is 7.74. The lowest BCUT2D eigenvalue weighted by molar-refractivity contribution is -0.116. The van der Waals surface area contributed by atoms with Crippen molar-refractivity contribution >= 4 is 13.9 Å². The SMILES string of the molecule is C[Si](C)(C)/C=C/CN1C=CC(=O)CC1c1ccco1. The van der Waals surface area contributed by atoms with E-state index in [0.29, 0.717) is 6.42 Å². The van der Waals surface area contributed by atoms with E-state index in [-0.39, 0.29) is 11.8 Å². The Morgan fingerprint density at radius 2 is 2.26 bits per heavy atom. The molecular formula is C15H21NO2Si. The van der Waals surface area contributed by atoms with Gasteiger partial charge in [-0.05, 0) is 18.2 Å². The maximum Gasteiger partial charge on any atom is 0.159 e. The smallest absolute Gasteiger partial charge is 0.159 e. The summed E-state index contributed by atoms with van der Waals surface area (Å²) in [6, 6.07) is 3.83. The van der Waals surface area contributed by atoms with Crippen LogP contribution in [0.4, 0.5) is 0 Å². The van der Waals surface area contributed by atoms with Crippen LogP contribution in [-0.4, -0.2) is 25.3 Å². The Morgan fingerprint density at radius 3 is 2.89 bits per heavy atom. The first-order valence-electron chi connectivity index (χ1n) is 6.63. The lowest BCUT2D eigenvalue weighted by atomic mass is 10.0. The second-order valence-corrected chi connectivity index (χ2v) is 11.0. The second-order valence-electron chi connectivity index (χ2n) is 5.98. The molecule has 3 nitrogen and oxygen atoms in total. The number of rotatable bonds is 4. The van der Waals surface area contributed by atoms with E-state index in [1.165, 1.54) is 0 Å². The fourth-order valence-electron chi connectivity index (χ4n) is 2.12. The van der Waals surface area contributed by atoms with E-state index in [1.807, 2.05) is 18.3 Å².